The number of hydrogen-bond donors (Lipinski definition) is 1. The number of aryl methyl sites for hydroxylation is 1. The first kappa shape index (κ1) is 15.6. The number of fused-ring (bicyclic) bond motifs is 1. The smallest absolute Gasteiger partial charge is 0.229 e. The van der Waals surface area contributed by atoms with E-state index in [1.54, 1.807) is 11.3 Å². The summed E-state index contributed by atoms with van der Waals surface area (Å²) < 4.78 is 2.02. The number of imidazole rings is 1. The number of anilines is 1. The lowest BCUT2D eigenvalue weighted by Gasteiger charge is -2.06. The molecule has 0 atom stereocenters. The minimum absolute atomic E-state index is 0.00905. The Balaban J connectivity index is 1.56. The Morgan fingerprint density at radius 1 is 1.16 bits per heavy atom. The Labute approximate surface area is 149 Å². The topological polar surface area (TPSA) is 46.4 Å². The zero-order valence-corrected chi connectivity index (χ0v) is 14.6. The molecule has 5 heteroatoms. The van der Waals surface area contributed by atoms with Crippen LogP contribution in [-0.2, 0) is 11.2 Å². The Morgan fingerprint density at radius 2 is 2.08 bits per heavy atom. The Bertz CT molecular complexity index is 1030. The maximum Gasteiger partial charge on any atom is 0.229 e. The van der Waals surface area contributed by atoms with E-state index in [0.717, 1.165) is 27.5 Å². The van der Waals surface area contributed by atoms with Gasteiger partial charge < -0.3 is 9.72 Å². The number of benzene rings is 1. The largest absolute Gasteiger partial charge is 0.326 e. The zero-order chi connectivity index (χ0) is 17.2. The van der Waals surface area contributed by atoms with Gasteiger partial charge in [0, 0.05) is 28.5 Å². The van der Waals surface area contributed by atoms with Crippen LogP contribution in [0, 0.1) is 6.92 Å². The van der Waals surface area contributed by atoms with Crippen LogP contribution in [0.2, 0.25) is 0 Å². The minimum atomic E-state index is -0.00905. The number of carbonyl (C=O) groups excluding carboxylic acids is 1. The second kappa shape index (κ2) is 6.53. The van der Waals surface area contributed by atoms with Gasteiger partial charge in [0.15, 0.2) is 0 Å². The first-order valence-corrected chi connectivity index (χ1v) is 8.93. The summed E-state index contributed by atoms with van der Waals surface area (Å²) in [5, 5.41) is 4.95. The first-order valence-electron chi connectivity index (χ1n) is 8.05. The van der Waals surface area contributed by atoms with E-state index in [-0.39, 0.29) is 5.91 Å². The molecule has 3 aromatic heterocycles. The highest BCUT2D eigenvalue weighted by Crippen LogP contribution is 2.23. The average Bonchev–Trinajstić information content (AvgIpc) is 3.24. The molecule has 4 rings (SSSR count). The molecule has 0 saturated heterocycles. The quantitative estimate of drug-likeness (QED) is 0.588. The van der Waals surface area contributed by atoms with Crippen molar-refractivity contribution in [1.82, 2.24) is 9.38 Å². The summed E-state index contributed by atoms with van der Waals surface area (Å²) in [6, 6.07) is 15.8. The number of thiophene rings is 1. The van der Waals surface area contributed by atoms with Crippen LogP contribution in [0.3, 0.4) is 0 Å². The molecule has 4 nitrogen and oxygen atoms in total. The highest BCUT2D eigenvalue weighted by atomic mass is 32.1. The molecule has 1 aromatic carbocycles. The molecule has 0 saturated carbocycles. The van der Waals surface area contributed by atoms with Crippen LogP contribution in [0.15, 0.2) is 66.3 Å². The third-order valence-electron chi connectivity index (χ3n) is 3.96. The van der Waals surface area contributed by atoms with Gasteiger partial charge in [-0.3, -0.25) is 4.79 Å². The molecule has 0 bridgehead atoms. The number of amides is 1. The van der Waals surface area contributed by atoms with Crippen molar-refractivity contribution in [3.8, 4) is 11.3 Å². The van der Waals surface area contributed by atoms with Crippen molar-refractivity contribution >= 4 is 28.6 Å². The molecule has 124 valence electrons. The van der Waals surface area contributed by atoms with Crippen LogP contribution in [0.5, 0.6) is 0 Å². The average molecular weight is 347 g/mol. The van der Waals surface area contributed by atoms with Crippen LogP contribution in [0.1, 0.15) is 10.4 Å². The predicted molar refractivity (Wildman–Crippen MR) is 102 cm³/mol. The summed E-state index contributed by atoms with van der Waals surface area (Å²) in [7, 11) is 0. The summed E-state index contributed by atoms with van der Waals surface area (Å²) in [6.45, 7) is 2.06. The SMILES string of the molecule is Cc1ccc2nc(-c3cccc(NC(=O)Cc4cccs4)c3)cn2c1. The molecular formula is C20H17N3OS. The molecule has 0 fully saturated rings. The Morgan fingerprint density at radius 3 is 2.92 bits per heavy atom. The van der Waals surface area contributed by atoms with Crippen molar-refractivity contribution in [2.24, 2.45) is 0 Å². The fraction of sp³-hybridized carbons (Fsp3) is 0.100. The molecule has 1 N–H and O–H groups in total. The summed E-state index contributed by atoms with van der Waals surface area (Å²) in [5.41, 5.74) is 4.75. The number of carbonyl (C=O) groups is 1. The fourth-order valence-electron chi connectivity index (χ4n) is 2.77. The number of aromatic nitrogens is 2. The van der Waals surface area contributed by atoms with Gasteiger partial charge in [-0.15, -0.1) is 11.3 Å². The molecule has 0 spiro atoms. The standard InChI is InChI=1S/C20H17N3OS/c1-14-7-8-19-22-18(13-23(19)12-14)15-4-2-5-16(10-15)21-20(24)11-17-6-3-9-25-17/h2-10,12-13H,11H2,1H3,(H,21,24). The molecule has 0 radical (unpaired) electrons. The summed E-state index contributed by atoms with van der Waals surface area (Å²) in [5.74, 6) is -0.00905. The highest BCUT2D eigenvalue weighted by molar-refractivity contribution is 7.10. The molecule has 4 aromatic rings. The Kier molecular flexibility index (Phi) is 4.07. The molecule has 0 aliphatic heterocycles. The summed E-state index contributed by atoms with van der Waals surface area (Å²) in [4.78, 5) is 17.9. The van der Waals surface area contributed by atoms with Gasteiger partial charge in [-0.25, -0.2) is 4.98 Å². The van der Waals surface area contributed by atoms with E-state index in [1.165, 1.54) is 5.56 Å². The van der Waals surface area contributed by atoms with E-state index >= 15 is 0 Å². The molecule has 3 heterocycles. The van der Waals surface area contributed by atoms with Crippen LogP contribution >= 0.6 is 11.3 Å². The van der Waals surface area contributed by atoms with Crippen molar-refractivity contribution in [1.29, 1.82) is 0 Å². The van der Waals surface area contributed by atoms with E-state index in [0.29, 0.717) is 6.42 Å². The van der Waals surface area contributed by atoms with Crippen molar-refractivity contribution in [2.75, 3.05) is 5.32 Å². The number of pyridine rings is 1. The van der Waals surface area contributed by atoms with Crippen LogP contribution in [0.4, 0.5) is 5.69 Å². The predicted octanol–water partition coefficient (Wildman–Crippen LogP) is 4.55. The van der Waals surface area contributed by atoms with Gasteiger partial charge in [0.25, 0.3) is 0 Å². The Hall–Kier alpha value is -2.92. The van der Waals surface area contributed by atoms with Gasteiger partial charge in [-0.1, -0.05) is 24.3 Å². The van der Waals surface area contributed by atoms with Crippen molar-refractivity contribution < 1.29 is 4.79 Å². The van der Waals surface area contributed by atoms with Crippen LogP contribution in [-0.4, -0.2) is 15.3 Å². The van der Waals surface area contributed by atoms with Gasteiger partial charge in [-0.05, 0) is 42.1 Å². The van der Waals surface area contributed by atoms with Crippen LogP contribution < -0.4 is 5.32 Å². The first-order chi connectivity index (χ1) is 12.2. The highest BCUT2D eigenvalue weighted by Gasteiger charge is 2.08. The second-order valence-electron chi connectivity index (χ2n) is 5.98. The van der Waals surface area contributed by atoms with Crippen molar-refractivity contribution in [3.05, 3.63) is 76.7 Å². The van der Waals surface area contributed by atoms with E-state index in [9.17, 15) is 4.79 Å². The van der Waals surface area contributed by atoms with Gasteiger partial charge >= 0.3 is 0 Å². The van der Waals surface area contributed by atoms with E-state index in [4.69, 9.17) is 0 Å². The monoisotopic (exact) mass is 347 g/mol. The lowest BCUT2D eigenvalue weighted by molar-refractivity contribution is -0.115. The summed E-state index contributed by atoms with van der Waals surface area (Å²) in [6.07, 6.45) is 4.46. The molecule has 0 aliphatic carbocycles. The normalized spacial score (nSPS) is 10.9. The van der Waals surface area contributed by atoms with E-state index in [1.807, 2.05) is 64.5 Å². The van der Waals surface area contributed by atoms with Gasteiger partial charge in [0.1, 0.15) is 5.65 Å². The maximum atomic E-state index is 12.2. The number of nitrogens with one attached hydrogen (secondary N) is 1. The zero-order valence-electron chi connectivity index (χ0n) is 13.8. The minimum Gasteiger partial charge on any atom is -0.326 e. The molecule has 0 unspecified atom stereocenters. The van der Waals surface area contributed by atoms with Gasteiger partial charge in [0.05, 0.1) is 12.1 Å². The third-order valence-corrected chi connectivity index (χ3v) is 4.83. The van der Waals surface area contributed by atoms with E-state index in [2.05, 4.69) is 23.4 Å². The lowest BCUT2D eigenvalue weighted by atomic mass is 10.1. The fourth-order valence-corrected chi connectivity index (χ4v) is 3.48. The maximum absolute atomic E-state index is 12.2. The van der Waals surface area contributed by atoms with Gasteiger partial charge in [0.2, 0.25) is 5.91 Å². The molecule has 0 aliphatic rings. The number of nitrogens with zero attached hydrogens (tertiary/aromatic N) is 2. The number of hydrogen-bond acceptors (Lipinski definition) is 3. The van der Waals surface area contributed by atoms with Gasteiger partial charge in [-0.2, -0.15) is 0 Å². The second-order valence-corrected chi connectivity index (χ2v) is 7.02. The molecule has 25 heavy (non-hydrogen) atoms. The lowest BCUT2D eigenvalue weighted by Crippen LogP contribution is -2.13. The number of rotatable bonds is 4. The van der Waals surface area contributed by atoms with E-state index < -0.39 is 0 Å². The van der Waals surface area contributed by atoms with Crippen molar-refractivity contribution in [2.45, 2.75) is 13.3 Å². The molecular weight excluding hydrogens is 330 g/mol. The van der Waals surface area contributed by atoms with Crippen LogP contribution in [0.25, 0.3) is 16.9 Å². The third kappa shape index (κ3) is 3.46. The van der Waals surface area contributed by atoms with Crippen molar-refractivity contribution in [3.63, 3.8) is 0 Å². The molecule has 1 amide bonds. The summed E-state index contributed by atoms with van der Waals surface area (Å²) >= 11 is 1.59.